The number of nitro groups is 1. The number of aryl methyl sites for hydroxylation is 1. The predicted octanol–water partition coefficient (Wildman–Crippen LogP) is 2.84. The molecule has 148 valence electrons. The van der Waals surface area contributed by atoms with Gasteiger partial charge in [0.05, 0.1) is 18.0 Å². The molecule has 0 spiro atoms. The van der Waals surface area contributed by atoms with E-state index in [0.717, 1.165) is 5.56 Å². The van der Waals surface area contributed by atoms with Crippen molar-refractivity contribution in [2.24, 2.45) is 5.92 Å². The van der Waals surface area contributed by atoms with Crippen LogP contribution in [0.1, 0.15) is 28.4 Å². The summed E-state index contributed by atoms with van der Waals surface area (Å²) in [5, 5.41) is 23.2. The average Bonchev–Trinajstić information content (AvgIpc) is 2.70. The van der Waals surface area contributed by atoms with E-state index in [4.69, 9.17) is 4.74 Å². The Bertz CT molecular complexity index is 881. The van der Waals surface area contributed by atoms with E-state index >= 15 is 0 Å². The molecule has 0 aliphatic carbocycles. The highest BCUT2D eigenvalue weighted by Crippen LogP contribution is 2.22. The molecule has 1 atom stereocenters. The van der Waals surface area contributed by atoms with Gasteiger partial charge in [0.2, 0.25) is 0 Å². The second-order valence-electron chi connectivity index (χ2n) is 6.22. The van der Waals surface area contributed by atoms with Gasteiger partial charge in [-0.05, 0) is 30.5 Å². The molecular formula is C20H22N2O6. The molecule has 0 aliphatic rings. The minimum absolute atomic E-state index is 0.116. The normalized spacial score (nSPS) is 11.5. The SMILES string of the molecule is CCc1ccc(C(=O)NCC(Cc2ccccc2OC)C(=O)O)cc1[N+](=O)[O-]. The van der Waals surface area contributed by atoms with Crippen LogP contribution in [0.5, 0.6) is 5.75 Å². The van der Waals surface area contributed by atoms with Crippen LogP contribution in [0.2, 0.25) is 0 Å². The minimum Gasteiger partial charge on any atom is -0.496 e. The van der Waals surface area contributed by atoms with Crippen LogP contribution in [0, 0.1) is 16.0 Å². The van der Waals surface area contributed by atoms with Gasteiger partial charge in [0.15, 0.2) is 0 Å². The minimum atomic E-state index is -1.06. The van der Waals surface area contributed by atoms with E-state index in [2.05, 4.69) is 5.32 Å². The van der Waals surface area contributed by atoms with Gasteiger partial charge in [0.1, 0.15) is 5.75 Å². The number of methoxy groups -OCH3 is 1. The van der Waals surface area contributed by atoms with Gasteiger partial charge in [0, 0.05) is 23.7 Å². The van der Waals surface area contributed by atoms with Crippen LogP contribution in [0.4, 0.5) is 5.69 Å². The quantitative estimate of drug-likeness (QED) is 0.505. The van der Waals surface area contributed by atoms with E-state index in [0.29, 0.717) is 17.7 Å². The zero-order valence-corrected chi connectivity index (χ0v) is 15.7. The van der Waals surface area contributed by atoms with Crippen LogP contribution in [0.15, 0.2) is 42.5 Å². The third-order valence-corrected chi connectivity index (χ3v) is 4.44. The number of ether oxygens (including phenoxy) is 1. The van der Waals surface area contributed by atoms with Gasteiger partial charge in [-0.3, -0.25) is 19.7 Å². The second kappa shape index (κ2) is 9.50. The lowest BCUT2D eigenvalue weighted by Crippen LogP contribution is -2.34. The molecule has 2 N–H and O–H groups in total. The summed E-state index contributed by atoms with van der Waals surface area (Å²) >= 11 is 0. The number of aliphatic carboxylic acids is 1. The van der Waals surface area contributed by atoms with Crippen molar-refractivity contribution >= 4 is 17.6 Å². The summed E-state index contributed by atoms with van der Waals surface area (Å²) in [6, 6.07) is 11.3. The van der Waals surface area contributed by atoms with Crippen molar-refractivity contribution in [2.45, 2.75) is 19.8 Å². The Morgan fingerprint density at radius 3 is 2.54 bits per heavy atom. The van der Waals surface area contributed by atoms with Crippen molar-refractivity contribution in [3.8, 4) is 5.75 Å². The molecular weight excluding hydrogens is 364 g/mol. The van der Waals surface area contributed by atoms with Crippen molar-refractivity contribution in [1.29, 1.82) is 0 Å². The highest BCUT2D eigenvalue weighted by molar-refractivity contribution is 5.95. The summed E-state index contributed by atoms with van der Waals surface area (Å²) in [4.78, 5) is 34.6. The third-order valence-electron chi connectivity index (χ3n) is 4.44. The van der Waals surface area contributed by atoms with Crippen LogP contribution >= 0.6 is 0 Å². The molecule has 0 aromatic heterocycles. The molecule has 0 heterocycles. The van der Waals surface area contributed by atoms with Crippen molar-refractivity contribution in [1.82, 2.24) is 5.32 Å². The standard InChI is InChI=1S/C20H22N2O6/c1-3-13-8-9-15(11-17(13)22(26)27)19(23)21-12-16(20(24)25)10-14-6-4-5-7-18(14)28-2/h4-9,11,16H,3,10,12H2,1-2H3,(H,21,23)(H,24,25). The van der Waals surface area contributed by atoms with Gasteiger partial charge < -0.3 is 15.2 Å². The Hall–Kier alpha value is -3.42. The van der Waals surface area contributed by atoms with Crippen molar-refractivity contribution < 1.29 is 24.4 Å². The molecule has 0 saturated heterocycles. The lowest BCUT2D eigenvalue weighted by molar-refractivity contribution is -0.385. The van der Waals surface area contributed by atoms with Crippen LogP contribution in [-0.4, -0.2) is 35.6 Å². The zero-order valence-electron chi connectivity index (χ0n) is 15.7. The first-order valence-electron chi connectivity index (χ1n) is 8.77. The van der Waals surface area contributed by atoms with E-state index in [1.807, 2.05) is 0 Å². The number of amides is 1. The number of benzene rings is 2. The fraction of sp³-hybridized carbons (Fsp3) is 0.300. The first kappa shape index (κ1) is 20.9. The number of carboxylic acids is 1. The Labute approximate surface area is 162 Å². The third kappa shape index (κ3) is 5.06. The summed E-state index contributed by atoms with van der Waals surface area (Å²) in [6.07, 6.45) is 0.646. The summed E-state index contributed by atoms with van der Waals surface area (Å²) in [7, 11) is 1.50. The molecule has 28 heavy (non-hydrogen) atoms. The Morgan fingerprint density at radius 2 is 1.93 bits per heavy atom. The van der Waals surface area contributed by atoms with E-state index in [-0.39, 0.29) is 24.2 Å². The highest BCUT2D eigenvalue weighted by Gasteiger charge is 2.22. The number of nitro benzene ring substituents is 1. The van der Waals surface area contributed by atoms with Crippen LogP contribution < -0.4 is 10.1 Å². The van der Waals surface area contributed by atoms with Gasteiger partial charge in [-0.25, -0.2) is 0 Å². The summed E-state index contributed by atoms with van der Waals surface area (Å²) < 4.78 is 5.23. The smallest absolute Gasteiger partial charge is 0.308 e. The number of hydrogen-bond donors (Lipinski definition) is 2. The first-order valence-corrected chi connectivity index (χ1v) is 8.77. The molecule has 0 fully saturated rings. The largest absolute Gasteiger partial charge is 0.496 e. The van der Waals surface area contributed by atoms with Gasteiger partial charge in [-0.1, -0.05) is 31.2 Å². The van der Waals surface area contributed by atoms with Gasteiger partial charge in [-0.15, -0.1) is 0 Å². The number of carbonyl (C=O) groups is 2. The number of nitrogens with zero attached hydrogens (tertiary/aromatic N) is 1. The topological polar surface area (TPSA) is 119 Å². The van der Waals surface area contributed by atoms with Gasteiger partial charge >= 0.3 is 5.97 Å². The molecule has 2 aromatic carbocycles. The molecule has 1 amide bonds. The molecule has 0 radical (unpaired) electrons. The fourth-order valence-electron chi connectivity index (χ4n) is 2.88. The lowest BCUT2D eigenvalue weighted by Gasteiger charge is -2.15. The number of nitrogens with one attached hydrogen (secondary N) is 1. The molecule has 2 rings (SSSR count). The van der Waals surface area contributed by atoms with Gasteiger partial charge in [-0.2, -0.15) is 0 Å². The first-order chi connectivity index (χ1) is 13.4. The molecule has 1 unspecified atom stereocenters. The molecule has 0 aliphatic heterocycles. The zero-order chi connectivity index (χ0) is 20.7. The van der Waals surface area contributed by atoms with Crippen LogP contribution in [-0.2, 0) is 17.6 Å². The molecule has 2 aromatic rings. The number of para-hydroxylation sites is 1. The van der Waals surface area contributed by atoms with Crippen LogP contribution in [0.3, 0.4) is 0 Å². The fourth-order valence-corrected chi connectivity index (χ4v) is 2.88. The van der Waals surface area contributed by atoms with E-state index in [1.54, 1.807) is 31.2 Å². The van der Waals surface area contributed by atoms with E-state index < -0.39 is 22.7 Å². The molecule has 8 nitrogen and oxygen atoms in total. The average molecular weight is 386 g/mol. The predicted molar refractivity (Wildman–Crippen MR) is 103 cm³/mol. The number of rotatable bonds is 9. The molecule has 0 bridgehead atoms. The van der Waals surface area contributed by atoms with Gasteiger partial charge in [0.25, 0.3) is 11.6 Å². The maximum absolute atomic E-state index is 12.4. The molecule has 8 heteroatoms. The van der Waals surface area contributed by atoms with Crippen molar-refractivity contribution in [2.75, 3.05) is 13.7 Å². The number of carboxylic acid groups (broad SMARTS) is 1. The Balaban J connectivity index is 2.11. The van der Waals surface area contributed by atoms with E-state index in [1.165, 1.54) is 25.3 Å². The highest BCUT2D eigenvalue weighted by atomic mass is 16.6. The monoisotopic (exact) mass is 386 g/mol. The molecule has 0 saturated carbocycles. The van der Waals surface area contributed by atoms with E-state index in [9.17, 15) is 24.8 Å². The Morgan fingerprint density at radius 1 is 1.21 bits per heavy atom. The number of hydrogen-bond acceptors (Lipinski definition) is 5. The van der Waals surface area contributed by atoms with Crippen molar-refractivity contribution in [3.05, 3.63) is 69.3 Å². The summed E-state index contributed by atoms with van der Waals surface area (Å²) in [5.74, 6) is -1.91. The Kier molecular flexibility index (Phi) is 7.08. The maximum atomic E-state index is 12.4. The maximum Gasteiger partial charge on any atom is 0.308 e. The van der Waals surface area contributed by atoms with Crippen LogP contribution in [0.25, 0.3) is 0 Å². The lowest BCUT2D eigenvalue weighted by atomic mass is 9.98. The summed E-state index contributed by atoms with van der Waals surface area (Å²) in [5.41, 5.74) is 1.24. The second-order valence-corrected chi connectivity index (χ2v) is 6.22. The summed E-state index contributed by atoms with van der Waals surface area (Å²) in [6.45, 7) is 1.67. The number of carbonyl (C=O) groups excluding carboxylic acids is 1. The van der Waals surface area contributed by atoms with Crippen molar-refractivity contribution in [3.63, 3.8) is 0 Å².